The molecule has 1 atom stereocenters. The molecule has 0 saturated heterocycles. The number of hydrogen-bond donors (Lipinski definition) is 0. The van der Waals surface area contributed by atoms with Gasteiger partial charge in [-0.25, -0.2) is 4.68 Å². The lowest BCUT2D eigenvalue weighted by molar-refractivity contribution is 0.245. The first-order chi connectivity index (χ1) is 12.9. The Bertz CT molecular complexity index is 972. The fourth-order valence-corrected chi connectivity index (χ4v) is 3.38. The number of nitrogens with zero attached hydrogens (tertiary/aromatic N) is 4. The molecule has 0 aliphatic rings. The molecule has 0 aliphatic carbocycles. The van der Waals surface area contributed by atoms with Crippen LogP contribution < -0.4 is 5.56 Å². The third-order valence-electron chi connectivity index (χ3n) is 5.31. The van der Waals surface area contributed by atoms with Crippen molar-refractivity contribution < 1.29 is 0 Å². The van der Waals surface area contributed by atoms with Gasteiger partial charge in [0.15, 0.2) is 0 Å². The van der Waals surface area contributed by atoms with E-state index in [4.69, 9.17) is 0 Å². The maximum absolute atomic E-state index is 13.1. The summed E-state index contributed by atoms with van der Waals surface area (Å²) in [5.74, 6) is 0. The van der Waals surface area contributed by atoms with Crippen LogP contribution >= 0.6 is 0 Å². The van der Waals surface area contributed by atoms with Gasteiger partial charge in [-0.1, -0.05) is 18.2 Å². The van der Waals surface area contributed by atoms with E-state index in [-0.39, 0.29) is 11.6 Å². The van der Waals surface area contributed by atoms with Crippen LogP contribution in [0.15, 0.2) is 53.5 Å². The van der Waals surface area contributed by atoms with E-state index in [1.165, 1.54) is 5.56 Å². The molecule has 27 heavy (non-hydrogen) atoms. The Morgan fingerprint density at radius 3 is 2.52 bits per heavy atom. The molecule has 0 unspecified atom stereocenters. The van der Waals surface area contributed by atoms with Crippen molar-refractivity contribution in [3.05, 3.63) is 81.5 Å². The van der Waals surface area contributed by atoms with Gasteiger partial charge in [-0.15, -0.1) is 0 Å². The van der Waals surface area contributed by atoms with Gasteiger partial charge in [-0.3, -0.25) is 19.4 Å². The zero-order chi connectivity index (χ0) is 19.6. The standard InChI is InChI=1S/C22H28N4O/c1-16-11-12-23-19(13-16)14-17(2)24(4)15-21-18(3)25(5)26(22(21)27)20-9-7-6-8-10-20/h6-13,17H,14-15H2,1-5H3/t17-/m1/s1. The summed E-state index contributed by atoms with van der Waals surface area (Å²) in [4.78, 5) is 19.8. The molecule has 0 amide bonds. The molecule has 5 heteroatoms. The molecule has 1 aromatic carbocycles. The minimum absolute atomic E-state index is 0.0499. The lowest BCUT2D eigenvalue weighted by atomic mass is 10.1. The Kier molecular flexibility index (Phi) is 5.61. The molecule has 0 spiro atoms. The van der Waals surface area contributed by atoms with E-state index in [2.05, 4.69) is 36.8 Å². The van der Waals surface area contributed by atoms with Gasteiger partial charge in [-0.05, 0) is 57.6 Å². The van der Waals surface area contributed by atoms with Crippen LogP contribution in [0.4, 0.5) is 0 Å². The number of aromatic nitrogens is 3. The monoisotopic (exact) mass is 364 g/mol. The number of hydrogen-bond acceptors (Lipinski definition) is 3. The predicted octanol–water partition coefficient (Wildman–Crippen LogP) is 3.25. The Morgan fingerprint density at radius 1 is 1.15 bits per heavy atom. The summed E-state index contributed by atoms with van der Waals surface area (Å²) in [7, 11) is 4.01. The minimum atomic E-state index is 0.0499. The quantitative estimate of drug-likeness (QED) is 0.674. The van der Waals surface area contributed by atoms with Gasteiger partial charge in [0.25, 0.3) is 5.56 Å². The normalized spacial score (nSPS) is 12.5. The number of pyridine rings is 1. The SMILES string of the molecule is Cc1ccnc(C[C@@H](C)N(C)Cc2c(C)n(C)n(-c3ccccc3)c2=O)c1. The largest absolute Gasteiger partial charge is 0.299 e. The lowest BCUT2D eigenvalue weighted by Gasteiger charge is -2.24. The minimum Gasteiger partial charge on any atom is -0.299 e. The number of likely N-dealkylation sites (N-methyl/N-ethyl adjacent to an activating group) is 1. The average molecular weight is 364 g/mol. The summed E-state index contributed by atoms with van der Waals surface area (Å²) in [5, 5.41) is 0. The molecule has 0 bridgehead atoms. The predicted molar refractivity (Wildman–Crippen MR) is 109 cm³/mol. The van der Waals surface area contributed by atoms with E-state index >= 15 is 0 Å². The van der Waals surface area contributed by atoms with Crippen molar-refractivity contribution in [3.8, 4) is 5.69 Å². The molecule has 142 valence electrons. The molecular weight excluding hydrogens is 336 g/mol. The third-order valence-corrected chi connectivity index (χ3v) is 5.31. The summed E-state index contributed by atoms with van der Waals surface area (Å²) < 4.78 is 3.68. The number of rotatable bonds is 6. The molecule has 3 rings (SSSR count). The third kappa shape index (κ3) is 4.03. The molecule has 5 nitrogen and oxygen atoms in total. The molecule has 0 aliphatic heterocycles. The van der Waals surface area contributed by atoms with Gasteiger partial charge in [-0.2, -0.15) is 0 Å². The Hall–Kier alpha value is -2.66. The van der Waals surface area contributed by atoms with Crippen molar-refractivity contribution in [3.63, 3.8) is 0 Å². The van der Waals surface area contributed by atoms with Crippen molar-refractivity contribution in [2.75, 3.05) is 7.05 Å². The molecule has 2 heterocycles. The first kappa shape index (κ1) is 19.1. The van der Waals surface area contributed by atoms with E-state index in [9.17, 15) is 4.79 Å². The number of para-hydroxylation sites is 1. The highest BCUT2D eigenvalue weighted by Crippen LogP contribution is 2.14. The highest BCUT2D eigenvalue weighted by Gasteiger charge is 2.19. The second-order valence-electron chi connectivity index (χ2n) is 7.33. The van der Waals surface area contributed by atoms with Crippen molar-refractivity contribution >= 4 is 0 Å². The maximum atomic E-state index is 13.1. The first-order valence-corrected chi connectivity index (χ1v) is 9.33. The molecule has 0 fully saturated rings. The highest BCUT2D eigenvalue weighted by atomic mass is 16.1. The zero-order valence-corrected chi connectivity index (χ0v) is 16.8. The summed E-state index contributed by atoms with van der Waals surface area (Å²) in [6, 6.07) is 14.2. The smallest absolute Gasteiger partial charge is 0.276 e. The second-order valence-corrected chi connectivity index (χ2v) is 7.33. The molecule has 0 N–H and O–H groups in total. The van der Waals surface area contributed by atoms with Gasteiger partial charge >= 0.3 is 0 Å². The van der Waals surface area contributed by atoms with E-state index in [0.717, 1.165) is 29.1 Å². The first-order valence-electron chi connectivity index (χ1n) is 9.33. The average Bonchev–Trinajstić information content (AvgIpc) is 2.85. The molecular formula is C22H28N4O. The Balaban J connectivity index is 1.82. The van der Waals surface area contributed by atoms with Crippen molar-refractivity contribution in [1.82, 2.24) is 19.2 Å². The van der Waals surface area contributed by atoms with Gasteiger partial charge in [0, 0.05) is 43.6 Å². The van der Waals surface area contributed by atoms with Gasteiger partial charge in [0.2, 0.25) is 0 Å². The number of benzene rings is 1. The van der Waals surface area contributed by atoms with E-state index in [1.807, 2.05) is 61.2 Å². The maximum Gasteiger partial charge on any atom is 0.276 e. The van der Waals surface area contributed by atoms with Crippen LogP contribution in [-0.2, 0) is 20.0 Å². The fourth-order valence-electron chi connectivity index (χ4n) is 3.38. The van der Waals surface area contributed by atoms with Crippen molar-refractivity contribution in [2.24, 2.45) is 7.05 Å². The van der Waals surface area contributed by atoms with Crippen LogP contribution in [0.2, 0.25) is 0 Å². The molecule has 0 saturated carbocycles. The number of aryl methyl sites for hydroxylation is 1. The Labute approximate surface area is 160 Å². The van der Waals surface area contributed by atoms with E-state index in [0.29, 0.717) is 6.54 Å². The topological polar surface area (TPSA) is 43.1 Å². The molecule has 2 aromatic heterocycles. The summed E-state index contributed by atoms with van der Waals surface area (Å²) in [6.45, 7) is 6.89. The van der Waals surface area contributed by atoms with E-state index < -0.39 is 0 Å². The fraction of sp³-hybridized carbons (Fsp3) is 0.364. The van der Waals surface area contributed by atoms with Crippen LogP contribution in [0.3, 0.4) is 0 Å². The summed E-state index contributed by atoms with van der Waals surface area (Å²) >= 11 is 0. The van der Waals surface area contributed by atoms with Gasteiger partial charge in [0.1, 0.15) is 0 Å². The second kappa shape index (κ2) is 7.92. The summed E-state index contributed by atoms with van der Waals surface area (Å²) in [5.41, 5.74) is 5.08. The Morgan fingerprint density at radius 2 is 1.85 bits per heavy atom. The lowest BCUT2D eigenvalue weighted by Crippen LogP contribution is -2.33. The van der Waals surface area contributed by atoms with Crippen molar-refractivity contribution in [1.29, 1.82) is 0 Å². The van der Waals surface area contributed by atoms with E-state index in [1.54, 1.807) is 4.68 Å². The zero-order valence-electron chi connectivity index (χ0n) is 16.8. The van der Waals surface area contributed by atoms with Crippen LogP contribution in [0.1, 0.15) is 29.4 Å². The van der Waals surface area contributed by atoms with Gasteiger partial charge < -0.3 is 0 Å². The van der Waals surface area contributed by atoms with Gasteiger partial charge in [0.05, 0.1) is 11.3 Å². The molecule has 0 radical (unpaired) electrons. The van der Waals surface area contributed by atoms with Crippen LogP contribution in [0.5, 0.6) is 0 Å². The van der Waals surface area contributed by atoms with Crippen LogP contribution in [-0.4, -0.2) is 32.3 Å². The van der Waals surface area contributed by atoms with Crippen molar-refractivity contribution in [2.45, 2.75) is 39.8 Å². The summed E-state index contributed by atoms with van der Waals surface area (Å²) in [6.07, 6.45) is 2.72. The highest BCUT2D eigenvalue weighted by molar-refractivity contribution is 5.33. The van der Waals surface area contributed by atoms with Crippen LogP contribution in [0, 0.1) is 13.8 Å². The van der Waals surface area contributed by atoms with Crippen LogP contribution in [0.25, 0.3) is 5.69 Å². The molecule has 3 aromatic rings.